The Hall–Kier alpha value is -3.03. The molecule has 0 bridgehead atoms. The minimum Gasteiger partial charge on any atom is -0.494 e. The minimum absolute atomic E-state index is 0.0552. The van der Waals surface area contributed by atoms with Crippen molar-refractivity contribution in [2.45, 2.75) is 25.3 Å². The number of carbonyl (C=O) groups excluding carboxylic acids is 1. The van der Waals surface area contributed by atoms with Crippen LogP contribution in [0.15, 0.2) is 77.7 Å². The number of carbonyl (C=O) groups is 1. The monoisotopic (exact) mass is 472 g/mol. The van der Waals surface area contributed by atoms with Crippen LogP contribution in [0.3, 0.4) is 0 Å². The van der Waals surface area contributed by atoms with E-state index in [0.717, 1.165) is 15.4 Å². The third-order valence-electron chi connectivity index (χ3n) is 4.82. The van der Waals surface area contributed by atoms with Crippen LogP contribution < -0.4 is 14.4 Å². The van der Waals surface area contributed by atoms with E-state index in [9.17, 15) is 13.2 Å². The van der Waals surface area contributed by atoms with Gasteiger partial charge in [-0.1, -0.05) is 48.0 Å². The Morgan fingerprint density at radius 2 is 1.66 bits per heavy atom. The number of aryl methyl sites for hydroxylation is 1. The Morgan fingerprint density at radius 3 is 2.34 bits per heavy atom. The number of nitrogens with zero attached hydrogens (tertiary/aromatic N) is 1. The number of para-hydroxylation sites is 2. The molecule has 0 radical (unpaired) electrons. The fraction of sp³-hybridized carbons (Fsp3) is 0.208. The van der Waals surface area contributed by atoms with Crippen LogP contribution in [0, 0.1) is 6.92 Å². The topological polar surface area (TPSA) is 75.7 Å². The van der Waals surface area contributed by atoms with E-state index in [-0.39, 0.29) is 18.0 Å². The third kappa shape index (κ3) is 5.60. The zero-order valence-corrected chi connectivity index (χ0v) is 19.5. The van der Waals surface area contributed by atoms with E-state index in [0.29, 0.717) is 23.1 Å². The Labute approximate surface area is 193 Å². The SMILES string of the molecule is CCOc1ccccc1CNC(=O)CN(c1ccccc1C)S(=O)(=O)c1ccc(Cl)cc1. The maximum atomic E-state index is 13.4. The first-order valence-corrected chi connectivity index (χ1v) is 12.0. The van der Waals surface area contributed by atoms with Crippen molar-refractivity contribution in [2.75, 3.05) is 17.5 Å². The number of nitrogens with one attached hydrogen (secondary N) is 1. The van der Waals surface area contributed by atoms with Crippen LogP contribution in [0.25, 0.3) is 0 Å². The van der Waals surface area contributed by atoms with Gasteiger partial charge in [-0.3, -0.25) is 9.10 Å². The van der Waals surface area contributed by atoms with E-state index in [4.69, 9.17) is 16.3 Å². The highest BCUT2D eigenvalue weighted by atomic mass is 35.5. The smallest absolute Gasteiger partial charge is 0.264 e. The second-order valence-corrected chi connectivity index (χ2v) is 9.37. The van der Waals surface area contributed by atoms with Gasteiger partial charge in [0.05, 0.1) is 17.2 Å². The summed E-state index contributed by atoms with van der Waals surface area (Å²) in [7, 11) is -4.00. The molecule has 6 nitrogen and oxygen atoms in total. The average molecular weight is 473 g/mol. The molecule has 0 atom stereocenters. The molecule has 0 saturated heterocycles. The molecule has 3 rings (SSSR count). The van der Waals surface area contributed by atoms with Crippen LogP contribution in [0.2, 0.25) is 5.02 Å². The zero-order valence-electron chi connectivity index (χ0n) is 17.9. The standard InChI is InChI=1S/C24H25ClN2O4S/c1-3-31-23-11-7-5-9-19(23)16-26-24(28)17-27(22-10-6-4-8-18(22)2)32(29,30)21-14-12-20(25)13-15-21/h4-15H,3,16-17H2,1-2H3,(H,26,28). The summed E-state index contributed by atoms with van der Waals surface area (Å²) in [5, 5.41) is 3.23. The first-order chi connectivity index (χ1) is 15.3. The summed E-state index contributed by atoms with van der Waals surface area (Å²) in [5.74, 6) is 0.247. The first kappa shape index (κ1) is 23.6. The van der Waals surface area contributed by atoms with Gasteiger partial charge in [-0.25, -0.2) is 8.42 Å². The summed E-state index contributed by atoms with van der Waals surface area (Å²) in [6.07, 6.45) is 0. The number of hydrogen-bond acceptors (Lipinski definition) is 4. The van der Waals surface area contributed by atoms with Crippen molar-refractivity contribution in [3.8, 4) is 5.75 Å². The zero-order chi connectivity index (χ0) is 23.1. The molecule has 168 valence electrons. The molecule has 1 N–H and O–H groups in total. The van der Waals surface area contributed by atoms with Crippen molar-refractivity contribution in [1.29, 1.82) is 0 Å². The van der Waals surface area contributed by atoms with Crippen LogP contribution in [0.4, 0.5) is 5.69 Å². The van der Waals surface area contributed by atoms with Gasteiger partial charge in [-0.05, 0) is 55.8 Å². The van der Waals surface area contributed by atoms with Gasteiger partial charge in [0, 0.05) is 17.1 Å². The van der Waals surface area contributed by atoms with Crippen molar-refractivity contribution in [2.24, 2.45) is 0 Å². The lowest BCUT2D eigenvalue weighted by molar-refractivity contribution is -0.119. The summed E-state index contributed by atoms with van der Waals surface area (Å²) in [5.41, 5.74) is 1.98. The molecule has 0 aliphatic rings. The molecule has 0 fully saturated rings. The maximum Gasteiger partial charge on any atom is 0.264 e. The third-order valence-corrected chi connectivity index (χ3v) is 6.85. The lowest BCUT2D eigenvalue weighted by Gasteiger charge is -2.25. The minimum atomic E-state index is -4.00. The lowest BCUT2D eigenvalue weighted by atomic mass is 10.2. The Balaban J connectivity index is 1.86. The van der Waals surface area contributed by atoms with E-state index in [1.807, 2.05) is 37.3 Å². The van der Waals surface area contributed by atoms with Crippen molar-refractivity contribution < 1.29 is 17.9 Å². The molecule has 0 spiro atoms. The molecule has 0 aromatic heterocycles. The largest absolute Gasteiger partial charge is 0.494 e. The molecule has 0 saturated carbocycles. The highest BCUT2D eigenvalue weighted by molar-refractivity contribution is 7.92. The van der Waals surface area contributed by atoms with Crippen LogP contribution in [-0.2, 0) is 21.4 Å². The highest BCUT2D eigenvalue weighted by Crippen LogP contribution is 2.27. The van der Waals surface area contributed by atoms with Gasteiger partial charge in [-0.15, -0.1) is 0 Å². The van der Waals surface area contributed by atoms with Crippen LogP contribution in [0.5, 0.6) is 5.75 Å². The summed E-state index contributed by atoms with van der Waals surface area (Å²) in [6.45, 7) is 4.04. The van der Waals surface area contributed by atoms with Gasteiger partial charge >= 0.3 is 0 Å². The summed E-state index contributed by atoms with van der Waals surface area (Å²) in [6, 6.07) is 20.3. The van der Waals surface area contributed by atoms with Gasteiger partial charge < -0.3 is 10.1 Å². The fourth-order valence-electron chi connectivity index (χ4n) is 3.20. The van der Waals surface area contributed by atoms with E-state index in [1.165, 1.54) is 24.3 Å². The van der Waals surface area contributed by atoms with E-state index in [2.05, 4.69) is 5.32 Å². The van der Waals surface area contributed by atoms with Crippen molar-refractivity contribution in [3.05, 3.63) is 88.9 Å². The van der Waals surface area contributed by atoms with Gasteiger partial charge in [-0.2, -0.15) is 0 Å². The second-order valence-electron chi connectivity index (χ2n) is 7.07. The Morgan fingerprint density at radius 1 is 1.00 bits per heavy atom. The van der Waals surface area contributed by atoms with Crippen LogP contribution in [0.1, 0.15) is 18.1 Å². The fourth-order valence-corrected chi connectivity index (χ4v) is 4.81. The molecule has 3 aromatic carbocycles. The van der Waals surface area contributed by atoms with Crippen molar-refractivity contribution >= 4 is 33.2 Å². The van der Waals surface area contributed by atoms with Gasteiger partial charge in [0.1, 0.15) is 12.3 Å². The summed E-state index contributed by atoms with van der Waals surface area (Å²) >= 11 is 5.92. The predicted octanol–water partition coefficient (Wildman–Crippen LogP) is 4.56. The number of anilines is 1. The van der Waals surface area contributed by atoms with E-state index < -0.39 is 15.9 Å². The predicted molar refractivity (Wildman–Crippen MR) is 127 cm³/mol. The summed E-state index contributed by atoms with van der Waals surface area (Å²) in [4.78, 5) is 12.9. The van der Waals surface area contributed by atoms with Gasteiger partial charge in [0.25, 0.3) is 10.0 Å². The molecule has 0 heterocycles. The molecule has 0 unspecified atom stereocenters. The number of benzene rings is 3. The average Bonchev–Trinajstić information content (AvgIpc) is 2.78. The first-order valence-electron chi connectivity index (χ1n) is 10.1. The Kier molecular flexibility index (Phi) is 7.77. The number of ether oxygens (including phenoxy) is 1. The number of sulfonamides is 1. The number of hydrogen-bond donors (Lipinski definition) is 1. The number of rotatable bonds is 9. The van der Waals surface area contributed by atoms with Crippen molar-refractivity contribution in [3.63, 3.8) is 0 Å². The normalized spacial score (nSPS) is 11.1. The van der Waals surface area contributed by atoms with Crippen LogP contribution in [-0.4, -0.2) is 27.5 Å². The molecular formula is C24H25ClN2O4S. The molecule has 3 aromatic rings. The number of halogens is 1. The maximum absolute atomic E-state index is 13.4. The van der Waals surface area contributed by atoms with E-state index in [1.54, 1.807) is 25.1 Å². The lowest BCUT2D eigenvalue weighted by Crippen LogP contribution is -2.41. The van der Waals surface area contributed by atoms with Gasteiger partial charge in [0.15, 0.2) is 0 Å². The molecular weight excluding hydrogens is 448 g/mol. The summed E-state index contributed by atoms with van der Waals surface area (Å²) < 4.78 is 33.6. The van der Waals surface area contributed by atoms with Crippen molar-refractivity contribution in [1.82, 2.24) is 5.32 Å². The van der Waals surface area contributed by atoms with E-state index >= 15 is 0 Å². The highest BCUT2D eigenvalue weighted by Gasteiger charge is 2.28. The number of amides is 1. The molecule has 0 aliphatic carbocycles. The molecule has 1 amide bonds. The Bertz CT molecular complexity index is 1180. The molecule has 32 heavy (non-hydrogen) atoms. The molecule has 8 heteroatoms. The molecule has 0 aliphatic heterocycles. The quantitative estimate of drug-likeness (QED) is 0.495. The second kappa shape index (κ2) is 10.5. The van der Waals surface area contributed by atoms with Crippen LogP contribution >= 0.6 is 11.6 Å². The van der Waals surface area contributed by atoms with Gasteiger partial charge in [0.2, 0.25) is 5.91 Å².